The van der Waals surface area contributed by atoms with Crippen LogP contribution in [-0.2, 0) is 12.1 Å². The average molecular weight is 416 g/mol. The molecule has 0 saturated heterocycles. The third-order valence-corrected chi connectivity index (χ3v) is 5.05. The summed E-state index contributed by atoms with van der Waals surface area (Å²) >= 11 is 5.98. The molecular weight excluding hydrogens is 397 g/mol. The van der Waals surface area contributed by atoms with Crippen LogP contribution in [0.1, 0.15) is 18.1 Å². The summed E-state index contributed by atoms with van der Waals surface area (Å²) in [7, 11) is 0. The second-order valence-electron chi connectivity index (χ2n) is 7.01. The highest BCUT2D eigenvalue weighted by atomic mass is 35.5. The van der Waals surface area contributed by atoms with E-state index in [2.05, 4.69) is 15.3 Å². The first-order valence-corrected chi connectivity index (χ1v) is 9.27. The van der Waals surface area contributed by atoms with Gasteiger partial charge in [0.1, 0.15) is 12.1 Å². The van der Waals surface area contributed by atoms with Crippen molar-refractivity contribution < 1.29 is 13.9 Å². The molecule has 2 heterocycles. The van der Waals surface area contributed by atoms with Gasteiger partial charge in [-0.25, -0.2) is 9.37 Å². The number of aliphatic hydroxyl groups is 1. The summed E-state index contributed by atoms with van der Waals surface area (Å²) in [6.45, 7) is 1.86. The number of anilines is 1. The second-order valence-corrected chi connectivity index (χ2v) is 7.44. The number of hydrogen-bond donors (Lipinski definition) is 4. The molecule has 4 N–H and O–H groups in total. The summed E-state index contributed by atoms with van der Waals surface area (Å²) in [6.07, 6.45) is 3.14. The van der Waals surface area contributed by atoms with Crippen molar-refractivity contribution in [1.82, 2.24) is 14.5 Å². The Morgan fingerprint density at radius 1 is 1.38 bits per heavy atom. The molecular formula is C20H19ClFN5O2. The van der Waals surface area contributed by atoms with Gasteiger partial charge in [-0.2, -0.15) is 0 Å². The smallest absolute Gasteiger partial charge is 0.293 e. The number of aliphatic hydroxyl groups excluding tert-OH is 1. The number of halogens is 2. The van der Waals surface area contributed by atoms with Crippen molar-refractivity contribution in [2.24, 2.45) is 0 Å². The quantitative estimate of drug-likeness (QED) is 0.386. The number of nitrogens with one attached hydrogen (secondary N) is 3. The minimum Gasteiger partial charge on any atom is -0.432 e. The Labute approximate surface area is 170 Å². The van der Waals surface area contributed by atoms with Crippen LogP contribution < -0.4 is 11.0 Å². The van der Waals surface area contributed by atoms with Gasteiger partial charge in [0, 0.05) is 11.2 Å². The Morgan fingerprint density at radius 2 is 2.21 bits per heavy atom. The number of aromatic nitrogens is 3. The number of para-hydroxylation sites is 1. The van der Waals surface area contributed by atoms with E-state index in [0.29, 0.717) is 18.1 Å². The average Bonchev–Trinajstić information content (AvgIpc) is 3.27. The molecule has 0 spiro atoms. The number of rotatable bonds is 6. The molecule has 29 heavy (non-hydrogen) atoms. The molecule has 0 saturated carbocycles. The summed E-state index contributed by atoms with van der Waals surface area (Å²) in [5.74, 6) is -0.0584. The van der Waals surface area contributed by atoms with Gasteiger partial charge in [-0.1, -0.05) is 23.7 Å². The van der Waals surface area contributed by atoms with E-state index < -0.39 is 11.4 Å². The van der Waals surface area contributed by atoms with Gasteiger partial charge in [0.05, 0.1) is 29.7 Å². The SMILES string of the molecule is CC(CO)(Nc1nc2c(Cn3ccoc3=N)cccc2[nH]1)c1cc(F)cc(Cl)c1. The van der Waals surface area contributed by atoms with E-state index in [-0.39, 0.29) is 17.3 Å². The van der Waals surface area contributed by atoms with Crippen LogP contribution in [0.2, 0.25) is 5.02 Å². The fourth-order valence-corrected chi connectivity index (χ4v) is 3.45. The van der Waals surface area contributed by atoms with Crippen molar-refractivity contribution in [2.45, 2.75) is 19.0 Å². The van der Waals surface area contributed by atoms with Crippen LogP contribution in [0.4, 0.5) is 10.3 Å². The number of imidazole rings is 1. The summed E-state index contributed by atoms with van der Waals surface area (Å²) in [5.41, 5.74) is 1.95. The fourth-order valence-electron chi connectivity index (χ4n) is 3.23. The van der Waals surface area contributed by atoms with Gasteiger partial charge in [0.2, 0.25) is 5.95 Å². The number of aromatic amines is 1. The molecule has 0 radical (unpaired) electrons. The lowest BCUT2D eigenvalue weighted by Gasteiger charge is -2.29. The first-order chi connectivity index (χ1) is 13.9. The van der Waals surface area contributed by atoms with Gasteiger partial charge in [-0.05, 0) is 42.3 Å². The number of H-pyrrole nitrogens is 1. The molecule has 1 unspecified atom stereocenters. The normalized spacial score (nSPS) is 13.5. The lowest BCUT2D eigenvalue weighted by molar-refractivity contribution is 0.223. The standard InChI is InChI=1S/C20H19ClFN5O2/c1-20(11-28,13-7-14(21)9-15(22)8-13)26-19-24-16-4-2-3-12(17(16)25-19)10-27-5-6-29-18(27)23/h2-9,23,28H,10-11H2,1H3,(H2,24,25,26). The monoisotopic (exact) mass is 415 g/mol. The zero-order valence-electron chi connectivity index (χ0n) is 15.5. The van der Waals surface area contributed by atoms with Crippen LogP contribution in [0.25, 0.3) is 11.0 Å². The molecule has 2 aromatic heterocycles. The molecule has 0 aliphatic heterocycles. The van der Waals surface area contributed by atoms with Crippen LogP contribution in [0.3, 0.4) is 0 Å². The van der Waals surface area contributed by atoms with Gasteiger partial charge in [-0.3, -0.25) is 9.98 Å². The van der Waals surface area contributed by atoms with Gasteiger partial charge in [0.25, 0.3) is 5.68 Å². The molecule has 7 nitrogen and oxygen atoms in total. The highest BCUT2D eigenvalue weighted by molar-refractivity contribution is 6.30. The first-order valence-electron chi connectivity index (χ1n) is 8.90. The van der Waals surface area contributed by atoms with Crippen molar-refractivity contribution in [3.05, 3.63) is 76.5 Å². The molecule has 0 bridgehead atoms. The molecule has 150 valence electrons. The summed E-state index contributed by atoms with van der Waals surface area (Å²) < 4.78 is 20.5. The minimum absolute atomic E-state index is 0.0479. The van der Waals surface area contributed by atoms with Gasteiger partial charge < -0.3 is 19.8 Å². The molecule has 0 aliphatic rings. The largest absolute Gasteiger partial charge is 0.432 e. The van der Waals surface area contributed by atoms with Crippen molar-refractivity contribution in [2.75, 3.05) is 11.9 Å². The lowest BCUT2D eigenvalue weighted by atomic mass is 9.93. The van der Waals surface area contributed by atoms with Gasteiger partial charge >= 0.3 is 0 Å². The first kappa shape index (κ1) is 19.2. The third-order valence-electron chi connectivity index (χ3n) is 4.83. The highest BCUT2D eigenvalue weighted by Gasteiger charge is 2.28. The van der Waals surface area contributed by atoms with E-state index in [1.54, 1.807) is 23.8 Å². The Hall–Kier alpha value is -3.10. The number of hydrogen-bond acceptors (Lipinski definition) is 5. The molecule has 0 aliphatic carbocycles. The highest BCUT2D eigenvalue weighted by Crippen LogP contribution is 2.29. The molecule has 4 rings (SSSR count). The van der Waals surface area contributed by atoms with Gasteiger partial charge in [0.15, 0.2) is 0 Å². The molecule has 0 fully saturated rings. The maximum atomic E-state index is 13.8. The van der Waals surface area contributed by atoms with Crippen LogP contribution in [0, 0.1) is 11.2 Å². The van der Waals surface area contributed by atoms with Crippen molar-refractivity contribution in [3.63, 3.8) is 0 Å². The predicted octanol–water partition coefficient (Wildman–Crippen LogP) is 3.60. The number of fused-ring (bicyclic) bond motifs is 1. The van der Waals surface area contributed by atoms with Crippen molar-refractivity contribution in [1.29, 1.82) is 5.41 Å². The Bertz CT molecular complexity index is 1210. The van der Waals surface area contributed by atoms with Crippen LogP contribution in [0.15, 0.2) is 53.3 Å². The summed E-state index contributed by atoms with van der Waals surface area (Å²) in [4.78, 5) is 7.80. The maximum absolute atomic E-state index is 13.8. The zero-order valence-corrected chi connectivity index (χ0v) is 16.3. The fraction of sp³-hybridized carbons (Fsp3) is 0.200. The molecule has 4 aromatic rings. The van der Waals surface area contributed by atoms with Crippen LogP contribution in [-0.4, -0.2) is 26.2 Å². The number of nitrogens with zero attached hydrogens (tertiary/aromatic N) is 2. The molecule has 9 heteroatoms. The predicted molar refractivity (Wildman–Crippen MR) is 107 cm³/mol. The maximum Gasteiger partial charge on any atom is 0.293 e. The number of benzene rings is 2. The third kappa shape index (κ3) is 3.76. The van der Waals surface area contributed by atoms with E-state index in [1.807, 2.05) is 18.2 Å². The number of oxazole rings is 1. The molecule has 1 atom stereocenters. The zero-order chi connectivity index (χ0) is 20.6. The topological polar surface area (TPSA) is 103 Å². The molecule has 2 aromatic carbocycles. The Morgan fingerprint density at radius 3 is 2.90 bits per heavy atom. The van der Waals surface area contributed by atoms with E-state index in [4.69, 9.17) is 21.4 Å². The Balaban J connectivity index is 1.70. The van der Waals surface area contributed by atoms with Crippen molar-refractivity contribution in [3.8, 4) is 0 Å². The molecule has 0 amide bonds. The van der Waals surface area contributed by atoms with Gasteiger partial charge in [-0.15, -0.1) is 0 Å². The van der Waals surface area contributed by atoms with E-state index in [0.717, 1.165) is 16.6 Å². The second kappa shape index (κ2) is 7.38. The van der Waals surface area contributed by atoms with Crippen LogP contribution in [0.5, 0.6) is 0 Å². The Kier molecular flexibility index (Phi) is 4.89. The van der Waals surface area contributed by atoms with E-state index in [9.17, 15) is 9.50 Å². The summed E-state index contributed by atoms with van der Waals surface area (Å²) in [5, 5.41) is 21.2. The minimum atomic E-state index is -1.01. The van der Waals surface area contributed by atoms with Crippen LogP contribution >= 0.6 is 11.6 Å². The summed E-state index contributed by atoms with van der Waals surface area (Å²) in [6, 6.07) is 9.84. The van der Waals surface area contributed by atoms with E-state index >= 15 is 0 Å². The van der Waals surface area contributed by atoms with E-state index in [1.165, 1.54) is 18.4 Å². The lowest BCUT2D eigenvalue weighted by Crippen LogP contribution is -2.36. The van der Waals surface area contributed by atoms with Crippen molar-refractivity contribution >= 4 is 28.6 Å².